The largest absolute Gasteiger partial charge is 0.309 e. The third kappa shape index (κ3) is 3.77. The Labute approximate surface area is 139 Å². The maximum Gasteiger partial charge on any atom is 0.0455 e. The Bertz CT molecular complexity index is 566. The molecule has 0 amide bonds. The van der Waals surface area contributed by atoms with E-state index in [0.29, 0.717) is 6.04 Å². The van der Waals surface area contributed by atoms with Crippen LogP contribution in [-0.2, 0) is 19.3 Å². The van der Waals surface area contributed by atoms with E-state index >= 15 is 0 Å². The fourth-order valence-electron chi connectivity index (χ4n) is 2.97. The van der Waals surface area contributed by atoms with Crippen LogP contribution in [0.25, 0.3) is 0 Å². The number of rotatable bonds is 6. The Morgan fingerprint density at radius 2 is 2.05 bits per heavy atom. The molecular formula is C18H22BrNS. The van der Waals surface area contributed by atoms with E-state index in [2.05, 4.69) is 58.5 Å². The summed E-state index contributed by atoms with van der Waals surface area (Å²) in [7, 11) is 0. The molecule has 1 unspecified atom stereocenters. The van der Waals surface area contributed by atoms with Crippen LogP contribution in [0.5, 0.6) is 0 Å². The Morgan fingerprint density at radius 3 is 2.76 bits per heavy atom. The average molecular weight is 364 g/mol. The molecule has 2 aromatic rings. The second kappa shape index (κ2) is 7.08. The first kappa shape index (κ1) is 15.3. The highest BCUT2D eigenvalue weighted by Gasteiger charge is 2.20. The van der Waals surface area contributed by atoms with E-state index in [1.165, 1.54) is 36.1 Å². The number of thiophene rings is 1. The molecule has 3 heteroatoms. The molecule has 0 spiro atoms. The molecule has 0 fully saturated rings. The first-order valence-electron chi connectivity index (χ1n) is 7.85. The first-order valence-corrected chi connectivity index (χ1v) is 9.46. The number of hydrogen-bond acceptors (Lipinski definition) is 2. The van der Waals surface area contributed by atoms with Crippen LogP contribution in [-0.4, -0.2) is 6.54 Å². The number of fused-ring (bicyclic) bond motifs is 1. The lowest BCUT2D eigenvalue weighted by Gasteiger charge is -2.17. The van der Waals surface area contributed by atoms with Gasteiger partial charge < -0.3 is 5.32 Å². The van der Waals surface area contributed by atoms with E-state index in [1.54, 1.807) is 10.4 Å². The highest BCUT2D eigenvalue weighted by molar-refractivity contribution is 9.10. The van der Waals surface area contributed by atoms with Crippen molar-refractivity contribution in [2.45, 2.75) is 45.1 Å². The lowest BCUT2D eigenvalue weighted by molar-refractivity contribution is 0.536. The molecule has 3 rings (SSSR count). The Balaban J connectivity index is 1.77. The van der Waals surface area contributed by atoms with Crippen molar-refractivity contribution in [2.75, 3.05) is 6.54 Å². The fourth-order valence-corrected chi connectivity index (χ4v) is 4.57. The predicted molar refractivity (Wildman–Crippen MR) is 95.2 cm³/mol. The van der Waals surface area contributed by atoms with Crippen molar-refractivity contribution in [1.29, 1.82) is 0 Å². The molecule has 1 aromatic heterocycles. The number of hydrogen-bond donors (Lipinski definition) is 1. The van der Waals surface area contributed by atoms with Gasteiger partial charge in [0.25, 0.3) is 0 Å². The topological polar surface area (TPSA) is 12.0 Å². The molecule has 0 saturated heterocycles. The van der Waals surface area contributed by atoms with Gasteiger partial charge in [-0.2, -0.15) is 0 Å². The zero-order valence-corrected chi connectivity index (χ0v) is 14.9. The van der Waals surface area contributed by atoms with Crippen LogP contribution in [0.4, 0.5) is 0 Å². The Morgan fingerprint density at radius 1 is 1.24 bits per heavy atom. The molecule has 0 radical (unpaired) electrons. The van der Waals surface area contributed by atoms with Gasteiger partial charge in [-0.05, 0) is 68.0 Å². The van der Waals surface area contributed by atoms with Crippen LogP contribution in [0.2, 0.25) is 0 Å². The number of benzene rings is 1. The van der Waals surface area contributed by atoms with Crippen molar-refractivity contribution in [3.8, 4) is 0 Å². The predicted octanol–water partition coefficient (Wildman–Crippen LogP) is 5.28. The molecule has 1 aliphatic rings. The maximum atomic E-state index is 3.74. The van der Waals surface area contributed by atoms with Crippen molar-refractivity contribution in [2.24, 2.45) is 0 Å². The summed E-state index contributed by atoms with van der Waals surface area (Å²) in [6.45, 7) is 3.32. The number of aryl methyl sites for hydroxylation is 2. The van der Waals surface area contributed by atoms with Gasteiger partial charge in [-0.15, -0.1) is 11.3 Å². The molecule has 0 bridgehead atoms. The summed E-state index contributed by atoms with van der Waals surface area (Å²) < 4.78 is 1.15. The molecule has 1 atom stereocenters. The zero-order chi connectivity index (χ0) is 14.7. The van der Waals surface area contributed by atoms with Gasteiger partial charge in [-0.1, -0.05) is 35.0 Å². The second-order valence-corrected chi connectivity index (χ2v) is 7.87. The first-order chi connectivity index (χ1) is 10.3. The molecule has 112 valence electrons. The van der Waals surface area contributed by atoms with Gasteiger partial charge in [0.15, 0.2) is 0 Å². The molecule has 1 heterocycles. The monoisotopic (exact) mass is 363 g/mol. The van der Waals surface area contributed by atoms with E-state index in [9.17, 15) is 0 Å². The van der Waals surface area contributed by atoms with E-state index in [4.69, 9.17) is 0 Å². The minimum Gasteiger partial charge on any atom is -0.309 e. The molecule has 0 aliphatic heterocycles. The van der Waals surface area contributed by atoms with Crippen LogP contribution in [0.1, 0.15) is 46.7 Å². The summed E-state index contributed by atoms with van der Waals surface area (Å²) in [5.41, 5.74) is 3.01. The van der Waals surface area contributed by atoms with Crippen molar-refractivity contribution in [3.05, 3.63) is 55.7 Å². The van der Waals surface area contributed by atoms with Gasteiger partial charge in [0.05, 0.1) is 0 Å². The van der Waals surface area contributed by atoms with Crippen molar-refractivity contribution >= 4 is 27.3 Å². The average Bonchev–Trinajstić information content (AvgIpc) is 3.06. The Hall–Kier alpha value is -0.640. The smallest absolute Gasteiger partial charge is 0.0455 e. The summed E-state index contributed by atoms with van der Waals surface area (Å²) >= 11 is 5.55. The van der Waals surface area contributed by atoms with Gasteiger partial charge in [0, 0.05) is 20.3 Å². The van der Waals surface area contributed by atoms with Crippen LogP contribution >= 0.6 is 27.3 Å². The number of nitrogens with one attached hydrogen (secondary N) is 1. The van der Waals surface area contributed by atoms with E-state index in [1.807, 2.05) is 11.3 Å². The third-order valence-corrected chi connectivity index (χ3v) is 5.98. The van der Waals surface area contributed by atoms with Gasteiger partial charge >= 0.3 is 0 Å². The summed E-state index contributed by atoms with van der Waals surface area (Å²) in [5, 5.41) is 3.74. The van der Waals surface area contributed by atoms with E-state index in [0.717, 1.165) is 17.4 Å². The minimum absolute atomic E-state index is 0.460. The summed E-state index contributed by atoms with van der Waals surface area (Å²) in [6, 6.07) is 11.7. The van der Waals surface area contributed by atoms with Crippen LogP contribution in [0.15, 0.2) is 34.8 Å². The minimum atomic E-state index is 0.460. The van der Waals surface area contributed by atoms with Gasteiger partial charge in [-0.3, -0.25) is 0 Å². The van der Waals surface area contributed by atoms with Crippen molar-refractivity contribution in [1.82, 2.24) is 5.32 Å². The molecule has 21 heavy (non-hydrogen) atoms. The third-order valence-electron chi connectivity index (χ3n) is 4.10. The molecule has 0 saturated carbocycles. The summed E-state index contributed by atoms with van der Waals surface area (Å²) in [4.78, 5) is 3.15. The van der Waals surface area contributed by atoms with Crippen LogP contribution in [0.3, 0.4) is 0 Å². The highest BCUT2D eigenvalue weighted by atomic mass is 79.9. The molecule has 1 nitrogen and oxygen atoms in total. The highest BCUT2D eigenvalue weighted by Crippen LogP contribution is 2.35. The molecule has 1 N–H and O–H groups in total. The van der Waals surface area contributed by atoms with Crippen LogP contribution < -0.4 is 5.32 Å². The van der Waals surface area contributed by atoms with Crippen molar-refractivity contribution < 1.29 is 0 Å². The van der Waals surface area contributed by atoms with Gasteiger partial charge in [-0.25, -0.2) is 0 Å². The molecule has 1 aromatic carbocycles. The summed E-state index contributed by atoms with van der Waals surface area (Å²) in [6.07, 6.45) is 6.18. The van der Waals surface area contributed by atoms with E-state index < -0.39 is 0 Å². The lowest BCUT2D eigenvalue weighted by atomic mass is 10.0. The SMILES string of the molecule is CCCNC(Cc1ccc(Br)cc1)c1cc2c(s1)CCC2. The van der Waals surface area contributed by atoms with Crippen molar-refractivity contribution in [3.63, 3.8) is 0 Å². The normalized spacial score (nSPS) is 15.1. The van der Waals surface area contributed by atoms with Gasteiger partial charge in [0.1, 0.15) is 0 Å². The number of halogens is 1. The lowest BCUT2D eigenvalue weighted by Crippen LogP contribution is -2.23. The molecule has 1 aliphatic carbocycles. The molecular weight excluding hydrogens is 342 g/mol. The van der Waals surface area contributed by atoms with E-state index in [-0.39, 0.29) is 0 Å². The second-order valence-electron chi connectivity index (χ2n) is 5.79. The van der Waals surface area contributed by atoms with Crippen LogP contribution in [0, 0.1) is 0 Å². The maximum absolute atomic E-state index is 3.74. The Kier molecular flexibility index (Phi) is 5.15. The quantitative estimate of drug-likeness (QED) is 0.735. The zero-order valence-electron chi connectivity index (χ0n) is 12.5. The summed E-state index contributed by atoms with van der Waals surface area (Å²) in [5.74, 6) is 0. The standard InChI is InChI=1S/C18H22BrNS/c1-2-10-20-16(11-13-6-8-15(19)9-7-13)18-12-14-4-3-5-17(14)21-18/h6-9,12,16,20H,2-5,10-11H2,1H3. The van der Waals surface area contributed by atoms with Gasteiger partial charge in [0.2, 0.25) is 0 Å². The fraction of sp³-hybridized carbons (Fsp3) is 0.444.